The van der Waals surface area contributed by atoms with Crippen LogP contribution in [0.2, 0.25) is 0 Å². The predicted molar refractivity (Wildman–Crippen MR) is 102 cm³/mol. The zero-order valence-corrected chi connectivity index (χ0v) is 15.9. The summed E-state index contributed by atoms with van der Waals surface area (Å²) in [5.74, 6) is -0.0625. The number of aromatic nitrogens is 5. The standard InChI is InChI=1S/C20H12F6N6/c21-19(22,23)13-4-1-11(2-5-13)14-7-16(20(24,25)26)31-18(30-14)32-9-15(29-10-32)12-3-6-17(27)28-8-12/h1-10H,(H2,27,28). The molecule has 0 atom stereocenters. The highest BCUT2D eigenvalue weighted by molar-refractivity contribution is 5.62. The van der Waals surface area contributed by atoms with Gasteiger partial charge in [0.05, 0.1) is 17.0 Å². The molecule has 164 valence electrons. The van der Waals surface area contributed by atoms with Crippen molar-refractivity contribution in [1.82, 2.24) is 24.5 Å². The second kappa shape index (κ2) is 7.62. The lowest BCUT2D eigenvalue weighted by molar-refractivity contribution is -0.141. The monoisotopic (exact) mass is 450 g/mol. The van der Waals surface area contributed by atoms with Gasteiger partial charge in [0.2, 0.25) is 5.95 Å². The SMILES string of the molecule is Nc1ccc(-c2cn(-c3nc(-c4ccc(C(F)(F)F)cc4)cc(C(F)(F)F)n3)cn2)cn1. The molecule has 1 aromatic carbocycles. The van der Waals surface area contributed by atoms with Gasteiger partial charge in [-0.25, -0.2) is 19.9 Å². The lowest BCUT2D eigenvalue weighted by atomic mass is 10.1. The van der Waals surface area contributed by atoms with Gasteiger partial charge >= 0.3 is 12.4 Å². The average molecular weight is 450 g/mol. The Bertz CT molecular complexity index is 1240. The van der Waals surface area contributed by atoms with E-state index in [1.807, 2.05) is 0 Å². The number of imidazole rings is 1. The van der Waals surface area contributed by atoms with Crippen LogP contribution in [0.15, 0.2) is 61.2 Å². The van der Waals surface area contributed by atoms with Gasteiger partial charge < -0.3 is 5.73 Å². The molecule has 0 bridgehead atoms. The van der Waals surface area contributed by atoms with Gasteiger partial charge in [0.15, 0.2) is 5.69 Å². The van der Waals surface area contributed by atoms with Crippen LogP contribution in [0.5, 0.6) is 0 Å². The normalized spacial score (nSPS) is 12.2. The molecule has 4 rings (SSSR count). The summed E-state index contributed by atoms with van der Waals surface area (Å²) in [5.41, 5.74) is 4.18. The van der Waals surface area contributed by atoms with E-state index in [2.05, 4.69) is 19.9 Å². The number of nitrogens with two attached hydrogens (primary N) is 1. The smallest absolute Gasteiger partial charge is 0.384 e. The molecule has 0 amide bonds. The van der Waals surface area contributed by atoms with Crippen molar-refractivity contribution in [1.29, 1.82) is 0 Å². The van der Waals surface area contributed by atoms with E-state index >= 15 is 0 Å². The van der Waals surface area contributed by atoms with Gasteiger partial charge in [-0.2, -0.15) is 26.3 Å². The fourth-order valence-electron chi connectivity index (χ4n) is 2.81. The number of hydrogen-bond donors (Lipinski definition) is 1. The van der Waals surface area contributed by atoms with E-state index in [-0.39, 0.29) is 23.0 Å². The van der Waals surface area contributed by atoms with Gasteiger partial charge in [0.1, 0.15) is 12.1 Å². The van der Waals surface area contributed by atoms with E-state index in [1.165, 1.54) is 29.4 Å². The van der Waals surface area contributed by atoms with Crippen LogP contribution in [-0.4, -0.2) is 24.5 Å². The summed E-state index contributed by atoms with van der Waals surface area (Å²) in [6.07, 6.45) is -5.31. The Morgan fingerprint density at radius 2 is 1.44 bits per heavy atom. The fourth-order valence-corrected chi connectivity index (χ4v) is 2.81. The Morgan fingerprint density at radius 1 is 0.750 bits per heavy atom. The lowest BCUT2D eigenvalue weighted by Crippen LogP contribution is -2.12. The third-order valence-electron chi connectivity index (χ3n) is 4.41. The quantitative estimate of drug-likeness (QED) is 0.444. The second-order valence-corrected chi connectivity index (χ2v) is 6.65. The topological polar surface area (TPSA) is 82.5 Å². The minimum atomic E-state index is -4.80. The van der Waals surface area contributed by atoms with Gasteiger partial charge in [-0.15, -0.1) is 0 Å². The number of halogens is 6. The van der Waals surface area contributed by atoms with Crippen LogP contribution in [0.25, 0.3) is 28.5 Å². The molecule has 3 aromatic heterocycles. The number of rotatable bonds is 3. The van der Waals surface area contributed by atoms with Gasteiger partial charge in [0, 0.05) is 23.5 Å². The fraction of sp³-hybridized carbons (Fsp3) is 0.100. The van der Waals surface area contributed by atoms with Crippen molar-refractivity contribution >= 4 is 5.82 Å². The van der Waals surface area contributed by atoms with E-state index in [9.17, 15) is 26.3 Å². The molecular weight excluding hydrogens is 438 g/mol. The van der Waals surface area contributed by atoms with Gasteiger partial charge in [-0.1, -0.05) is 12.1 Å². The van der Waals surface area contributed by atoms with Crippen LogP contribution in [0.1, 0.15) is 11.3 Å². The molecule has 0 unspecified atom stereocenters. The third-order valence-corrected chi connectivity index (χ3v) is 4.41. The van der Waals surface area contributed by atoms with Crippen LogP contribution < -0.4 is 5.73 Å². The molecule has 0 saturated heterocycles. The summed E-state index contributed by atoms with van der Waals surface area (Å²) in [6.45, 7) is 0. The second-order valence-electron chi connectivity index (χ2n) is 6.65. The minimum Gasteiger partial charge on any atom is -0.384 e. The van der Waals surface area contributed by atoms with Crippen LogP contribution in [0, 0.1) is 0 Å². The first-order chi connectivity index (χ1) is 15.0. The van der Waals surface area contributed by atoms with Crippen LogP contribution >= 0.6 is 0 Å². The molecule has 4 aromatic rings. The molecule has 12 heteroatoms. The number of anilines is 1. The van der Waals surface area contributed by atoms with Crippen LogP contribution in [0.3, 0.4) is 0 Å². The maximum absolute atomic E-state index is 13.4. The summed E-state index contributed by atoms with van der Waals surface area (Å²) in [4.78, 5) is 15.7. The number of nitrogens with zero attached hydrogens (tertiary/aromatic N) is 5. The van der Waals surface area contributed by atoms with E-state index in [4.69, 9.17) is 5.73 Å². The number of pyridine rings is 1. The van der Waals surface area contributed by atoms with Gasteiger partial charge in [-0.3, -0.25) is 4.57 Å². The molecule has 2 N–H and O–H groups in total. The van der Waals surface area contributed by atoms with Crippen molar-refractivity contribution in [3.05, 3.63) is 72.4 Å². The molecule has 0 aliphatic carbocycles. The Labute approximate surface area is 176 Å². The van der Waals surface area contributed by atoms with Gasteiger partial charge in [0.25, 0.3) is 0 Å². The lowest BCUT2D eigenvalue weighted by Gasteiger charge is -2.12. The van der Waals surface area contributed by atoms with Crippen LogP contribution in [0.4, 0.5) is 32.2 Å². The first-order valence-corrected chi connectivity index (χ1v) is 8.91. The zero-order chi connectivity index (χ0) is 23.1. The number of benzene rings is 1. The highest BCUT2D eigenvalue weighted by Crippen LogP contribution is 2.33. The molecule has 32 heavy (non-hydrogen) atoms. The summed E-state index contributed by atoms with van der Waals surface area (Å²) < 4.78 is 79.8. The number of hydrogen-bond acceptors (Lipinski definition) is 5. The van der Waals surface area contributed by atoms with Crippen molar-refractivity contribution in [2.75, 3.05) is 5.73 Å². The van der Waals surface area contributed by atoms with Crippen molar-refractivity contribution in [3.63, 3.8) is 0 Å². The first kappa shape index (κ1) is 21.3. The average Bonchev–Trinajstić information content (AvgIpc) is 3.23. The van der Waals surface area contributed by atoms with Crippen LogP contribution in [-0.2, 0) is 12.4 Å². The van der Waals surface area contributed by atoms with Crippen molar-refractivity contribution in [2.45, 2.75) is 12.4 Å². The number of alkyl halides is 6. The van der Waals surface area contributed by atoms with Gasteiger partial charge in [-0.05, 0) is 30.3 Å². The third kappa shape index (κ3) is 4.38. The maximum atomic E-state index is 13.4. The minimum absolute atomic E-state index is 0.0650. The highest BCUT2D eigenvalue weighted by atomic mass is 19.4. The maximum Gasteiger partial charge on any atom is 0.433 e. The van der Waals surface area contributed by atoms with E-state index < -0.39 is 23.6 Å². The number of nitrogen functional groups attached to an aromatic ring is 1. The Hall–Kier alpha value is -3.96. The molecule has 0 aliphatic rings. The molecular formula is C20H12F6N6. The molecule has 3 heterocycles. The Kier molecular flexibility index (Phi) is 5.07. The van der Waals surface area contributed by atoms with Crippen molar-refractivity contribution in [2.24, 2.45) is 0 Å². The van der Waals surface area contributed by atoms with E-state index in [0.717, 1.165) is 24.3 Å². The largest absolute Gasteiger partial charge is 0.433 e. The summed E-state index contributed by atoms with van der Waals surface area (Å²) in [7, 11) is 0. The molecule has 0 spiro atoms. The summed E-state index contributed by atoms with van der Waals surface area (Å²) >= 11 is 0. The van der Waals surface area contributed by atoms with E-state index in [0.29, 0.717) is 17.3 Å². The highest BCUT2D eigenvalue weighted by Gasteiger charge is 2.34. The van der Waals surface area contributed by atoms with E-state index in [1.54, 1.807) is 6.07 Å². The van der Waals surface area contributed by atoms with Crippen molar-refractivity contribution in [3.8, 4) is 28.5 Å². The Morgan fingerprint density at radius 3 is 2.03 bits per heavy atom. The molecule has 6 nitrogen and oxygen atoms in total. The summed E-state index contributed by atoms with van der Waals surface area (Å²) in [5, 5.41) is 0. The summed E-state index contributed by atoms with van der Waals surface area (Å²) in [6, 6.07) is 7.49. The molecule has 0 saturated carbocycles. The molecule has 0 radical (unpaired) electrons. The molecule has 0 aliphatic heterocycles. The predicted octanol–water partition coefficient (Wildman–Crippen LogP) is 5.01. The molecule has 0 fully saturated rings. The van der Waals surface area contributed by atoms with Crippen molar-refractivity contribution < 1.29 is 26.3 Å². The zero-order valence-electron chi connectivity index (χ0n) is 15.9. The Balaban J connectivity index is 1.77. The first-order valence-electron chi connectivity index (χ1n) is 8.91.